The van der Waals surface area contributed by atoms with E-state index in [0.717, 1.165) is 5.56 Å². The van der Waals surface area contributed by atoms with E-state index >= 15 is 0 Å². The molecule has 5 heteroatoms. The lowest BCUT2D eigenvalue weighted by molar-refractivity contribution is -0.150. The monoisotopic (exact) mass is 367 g/mol. The number of hydrogen-bond acceptors (Lipinski definition) is 4. The molecule has 0 amide bonds. The van der Waals surface area contributed by atoms with Crippen molar-refractivity contribution in [2.24, 2.45) is 0 Å². The number of Topliss-reactive ketones (excluding diaryl/α,β-unsaturated/α-hetero) is 1. The Morgan fingerprint density at radius 3 is 2.26 bits per heavy atom. The van der Waals surface area contributed by atoms with Crippen LogP contribution in [0.1, 0.15) is 39.2 Å². The normalized spacial score (nSPS) is 12.0. The van der Waals surface area contributed by atoms with Crippen molar-refractivity contribution in [3.63, 3.8) is 0 Å². The third-order valence-electron chi connectivity index (χ3n) is 3.95. The molecule has 0 aliphatic rings. The van der Waals surface area contributed by atoms with Crippen LogP contribution in [0.3, 0.4) is 0 Å². The summed E-state index contributed by atoms with van der Waals surface area (Å²) in [7, 11) is 0. The molecular weight excluding hydrogens is 345 g/mol. The van der Waals surface area contributed by atoms with Crippen LogP contribution in [0.5, 0.6) is 0 Å². The summed E-state index contributed by atoms with van der Waals surface area (Å²) < 4.78 is 19.7. The Morgan fingerprint density at radius 1 is 1.11 bits per heavy atom. The zero-order chi connectivity index (χ0) is 20.2. The maximum Gasteiger partial charge on any atom is 0.351 e. The SMILES string of the molecule is C[C@H](C(=O)C(=C=N)C(=O)OC(C)(C)C)c1ccc(-c2ccccc2)c(F)c1. The van der Waals surface area contributed by atoms with Crippen molar-refractivity contribution in [2.45, 2.75) is 39.2 Å². The molecule has 2 aromatic carbocycles. The van der Waals surface area contributed by atoms with Gasteiger partial charge in [-0.05, 0) is 43.8 Å². The van der Waals surface area contributed by atoms with Crippen LogP contribution in [-0.2, 0) is 14.3 Å². The fourth-order valence-corrected chi connectivity index (χ4v) is 2.56. The third-order valence-corrected chi connectivity index (χ3v) is 3.95. The van der Waals surface area contributed by atoms with Gasteiger partial charge in [0, 0.05) is 11.5 Å². The molecule has 0 fully saturated rings. The van der Waals surface area contributed by atoms with Crippen LogP contribution in [0.2, 0.25) is 0 Å². The standard InChI is InChI=1S/C22H22FNO3/c1-14(20(25)18(13-24)21(26)27-22(2,3)4)16-10-11-17(19(23)12-16)15-8-6-5-7-9-15/h5-12,14,24H,1-4H3/t14-/m0/s1. The number of nitrogens with one attached hydrogen (secondary N) is 1. The molecule has 27 heavy (non-hydrogen) atoms. The molecule has 1 atom stereocenters. The first-order chi connectivity index (χ1) is 12.6. The molecule has 0 heterocycles. The van der Waals surface area contributed by atoms with Crippen molar-refractivity contribution in [3.8, 4) is 11.1 Å². The highest BCUT2D eigenvalue weighted by Crippen LogP contribution is 2.27. The molecule has 0 spiro atoms. The Kier molecular flexibility index (Phi) is 6.09. The summed E-state index contributed by atoms with van der Waals surface area (Å²) in [4.78, 5) is 24.8. The van der Waals surface area contributed by atoms with Gasteiger partial charge in [-0.1, -0.05) is 49.4 Å². The lowest BCUT2D eigenvalue weighted by Gasteiger charge is -2.20. The Balaban J connectivity index is 2.27. The second-order valence-corrected chi connectivity index (χ2v) is 7.19. The van der Waals surface area contributed by atoms with Crippen molar-refractivity contribution in [3.05, 3.63) is 65.5 Å². The Hall–Kier alpha value is -3.04. The van der Waals surface area contributed by atoms with Crippen LogP contribution in [0.4, 0.5) is 4.39 Å². The number of rotatable bonds is 5. The lowest BCUT2D eigenvalue weighted by atomic mass is 9.91. The molecule has 0 saturated heterocycles. The number of benzene rings is 2. The zero-order valence-electron chi connectivity index (χ0n) is 15.8. The number of carbonyl (C=O) groups excluding carboxylic acids is 2. The summed E-state index contributed by atoms with van der Waals surface area (Å²) in [6.07, 6.45) is 0. The quantitative estimate of drug-likeness (QED) is 0.274. The second-order valence-electron chi connectivity index (χ2n) is 7.19. The number of carbonyl (C=O) groups is 2. The summed E-state index contributed by atoms with van der Waals surface area (Å²) in [5, 5.41) is 7.29. The number of esters is 1. The molecule has 0 radical (unpaired) electrons. The van der Waals surface area contributed by atoms with Crippen molar-refractivity contribution in [1.82, 2.24) is 0 Å². The molecular formula is C22H22FNO3. The molecule has 2 rings (SSSR count). The Morgan fingerprint density at radius 2 is 1.74 bits per heavy atom. The summed E-state index contributed by atoms with van der Waals surface area (Å²) in [5.41, 5.74) is 0.286. The second kappa shape index (κ2) is 8.11. The van der Waals surface area contributed by atoms with Crippen LogP contribution in [0.25, 0.3) is 11.1 Å². The number of hydrogen-bond donors (Lipinski definition) is 1. The molecule has 0 aliphatic carbocycles. The average molecular weight is 367 g/mol. The maximum atomic E-state index is 14.6. The van der Waals surface area contributed by atoms with E-state index in [-0.39, 0.29) is 0 Å². The fourth-order valence-electron chi connectivity index (χ4n) is 2.56. The van der Waals surface area contributed by atoms with Gasteiger partial charge in [0.1, 0.15) is 11.4 Å². The summed E-state index contributed by atoms with van der Waals surface area (Å²) in [6, 6.07) is 13.6. The van der Waals surface area contributed by atoms with Gasteiger partial charge in [-0.15, -0.1) is 0 Å². The third kappa shape index (κ3) is 4.99. The van der Waals surface area contributed by atoms with Crippen LogP contribution < -0.4 is 0 Å². The topological polar surface area (TPSA) is 67.2 Å². The van der Waals surface area contributed by atoms with Gasteiger partial charge in [-0.2, -0.15) is 0 Å². The van der Waals surface area contributed by atoms with Gasteiger partial charge in [-0.25, -0.2) is 9.18 Å². The highest BCUT2D eigenvalue weighted by molar-refractivity contribution is 6.25. The van der Waals surface area contributed by atoms with E-state index in [1.54, 1.807) is 52.0 Å². The predicted molar refractivity (Wildman–Crippen MR) is 102 cm³/mol. The van der Waals surface area contributed by atoms with Crippen LogP contribution in [0.15, 0.2) is 54.1 Å². The maximum absolute atomic E-state index is 14.6. The van der Waals surface area contributed by atoms with E-state index in [0.29, 0.717) is 11.1 Å². The average Bonchev–Trinajstić information content (AvgIpc) is 2.60. The van der Waals surface area contributed by atoms with E-state index in [1.165, 1.54) is 6.07 Å². The van der Waals surface area contributed by atoms with Crippen molar-refractivity contribution >= 4 is 17.6 Å². The van der Waals surface area contributed by atoms with E-state index in [4.69, 9.17) is 10.1 Å². The smallest absolute Gasteiger partial charge is 0.351 e. The highest BCUT2D eigenvalue weighted by atomic mass is 19.1. The largest absolute Gasteiger partial charge is 0.456 e. The van der Waals surface area contributed by atoms with Gasteiger partial charge >= 0.3 is 5.97 Å². The van der Waals surface area contributed by atoms with E-state index in [1.807, 2.05) is 24.1 Å². The van der Waals surface area contributed by atoms with Crippen molar-refractivity contribution in [1.29, 1.82) is 5.41 Å². The first-order valence-electron chi connectivity index (χ1n) is 8.56. The minimum atomic E-state index is -0.907. The van der Waals surface area contributed by atoms with E-state index in [2.05, 4.69) is 0 Å². The van der Waals surface area contributed by atoms with Crippen LogP contribution in [-0.4, -0.2) is 23.2 Å². The number of halogens is 1. The first-order valence-corrected chi connectivity index (χ1v) is 8.56. The molecule has 0 aromatic heterocycles. The highest BCUT2D eigenvalue weighted by Gasteiger charge is 2.29. The van der Waals surface area contributed by atoms with Gasteiger partial charge in [0.05, 0.1) is 0 Å². The van der Waals surface area contributed by atoms with Gasteiger partial charge in [0.15, 0.2) is 11.4 Å². The van der Waals surface area contributed by atoms with Gasteiger partial charge in [0.2, 0.25) is 0 Å². The molecule has 4 nitrogen and oxygen atoms in total. The first kappa shape index (κ1) is 20.3. The molecule has 0 unspecified atom stereocenters. The Bertz CT molecular complexity index is 907. The molecule has 0 aliphatic heterocycles. The van der Waals surface area contributed by atoms with Crippen molar-refractivity contribution < 1.29 is 18.7 Å². The molecule has 0 bridgehead atoms. The van der Waals surface area contributed by atoms with Crippen molar-refractivity contribution in [2.75, 3.05) is 0 Å². The zero-order valence-corrected chi connectivity index (χ0v) is 15.8. The molecule has 1 N–H and O–H groups in total. The number of ketones is 1. The molecule has 2 aromatic rings. The van der Waals surface area contributed by atoms with Gasteiger partial charge < -0.3 is 4.74 Å². The number of ether oxygens (including phenoxy) is 1. The minimum Gasteiger partial charge on any atom is -0.456 e. The van der Waals surface area contributed by atoms with Gasteiger partial charge in [0.25, 0.3) is 0 Å². The minimum absolute atomic E-state index is 0.411. The fraction of sp³-hybridized carbons (Fsp3) is 0.273. The van der Waals surface area contributed by atoms with E-state index < -0.39 is 34.7 Å². The van der Waals surface area contributed by atoms with E-state index in [9.17, 15) is 14.0 Å². The lowest BCUT2D eigenvalue weighted by Crippen LogP contribution is -2.29. The Labute approximate surface area is 158 Å². The predicted octanol–water partition coefficient (Wildman–Crippen LogP) is 4.68. The summed E-state index contributed by atoms with van der Waals surface area (Å²) >= 11 is 0. The van der Waals surface area contributed by atoms with Gasteiger partial charge in [-0.3, -0.25) is 10.2 Å². The summed E-state index contributed by atoms with van der Waals surface area (Å²) in [5.74, 6) is -0.942. The molecule has 0 saturated carbocycles. The summed E-state index contributed by atoms with van der Waals surface area (Å²) in [6.45, 7) is 6.55. The van der Waals surface area contributed by atoms with Crippen LogP contribution in [0, 0.1) is 11.2 Å². The molecule has 140 valence electrons. The van der Waals surface area contributed by atoms with Crippen LogP contribution >= 0.6 is 0 Å².